The summed E-state index contributed by atoms with van der Waals surface area (Å²) in [7, 11) is 0. The Bertz CT molecular complexity index is 843. The first-order chi connectivity index (χ1) is 12.7. The molecule has 4 nitrogen and oxygen atoms in total. The topological polar surface area (TPSA) is 57.6 Å². The van der Waals surface area contributed by atoms with E-state index >= 15 is 0 Å². The van der Waals surface area contributed by atoms with Gasteiger partial charge in [0, 0.05) is 16.3 Å². The molecule has 1 aliphatic rings. The van der Waals surface area contributed by atoms with Crippen LogP contribution in [-0.4, -0.2) is 33.7 Å². The third-order valence-electron chi connectivity index (χ3n) is 4.67. The first-order valence-corrected chi connectivity index (χ1v) is 10.1. The Kier molecular flexibility index (Phi) is 5.54. The molecule has 3 rings (SSSR count). The molecule has 0 saturated carbocycles. The molecule has 1 saturated heterocycles. The Morgan fingerprint density at radius 3 is 2.19 bits per heavy atom. The van der Waals surface area contributed by atoms with Gasteiger partial charge in [-0.25, -0.2) is 4.79 Å². The molecule has 1 N–H and O–H groups in total. The van der Waals surface area contributed by atoms with Crippen molar-refractivity contribution >= 4 is 35.2 Å². The highest BCUT2D eigenvalue weighted by atomic mass is 35.5. The highest BCUT2D eigenvalue weighted by Crippen LogP contribution is 2.42. The predicted molar refractivity (Wildman–Crippen MR) is 109 cm³/mol. The molecule has 2 aromatic rings. The Morgan fingerprint density at radius 2 is 1.67 bits per heavy atom. The standard InChI is InChI=1S/C21H22ClNO3S/c1-21(2,3)15-8-4-14(5-9-15)19-23(17(12-27-19)20(25)26)18(24)13-6-10-16(22)11-7-13/h4-11,17,19H,12H2,1-3H3,(H,25,26)/t17-,19+/m0/s1. The van der Waals surface area contributed by atoms with Gasteiger partial charge < -0.3 is 10.0 Å². The number of benzene rings is 2. The molecule has 2 atom stereocenters. The molecule has 0 radical (unpaired) electrons. The molecule has 0 unspecified atom stereocenters. The quantitative estimate of drug-likeness (QED) is 0.785. The number of nitrogens with zero attached hydrogens (tertiary/aromatic N) is 1. The van der Waals surface area contributed by atoms with Crippen LogP contribution in [0.1, 0.15) is 47.6 Å². The van der Waals surface area contributed by atoms with Gasteiger partial charge in [0.2, 0.25) is 0 Å². The number of amides is 1. The maximum atomic E-state index is 13.1. The summed E-state index contributed by atoms with van der Waals surface area (Å²) in [6, 6.07) is 13.8. The summed E-state index contributed by atoms with van der Waals surface area (Å²) in [5.41, 5.74) is 2.59. The number of thioether (sulfide) groups is 1. The third kappa shape index (κ3) is 4.14. The van der Waals surface area contributed by atoms with Crippen LogP contribution in [0.4, 0.5) is 0 Å². The van der Waals surface area contributed by atoms with E-state index in [1.807, 2.05) is 12.1 Å². The number of hydrogen-bond acceptors (Lipinski definition) is 3. The number of carboxylic acid groups (broad SMARTS) is 1. The van der Waals surface area contributed by atoms with Gasteiger partial charge in [-0.1, -0.05) is 56.6 Å². The van der Waals surface area contributed by atoms with Crippen molar-refractivity contribution in [3.63, 3.8) is 0 Å². The Hall–Kier alpha value is -1.98. The zero-order valence-electron chi connectivity index (χ0n) is 15.5. The van der Waals surface area contributed by atoms with Crippen LogP contribution in [-0.2, 0) is 10.2 Å². The number of carbonyl (C=O) groups excluding carboxylic acids is 1. The van der Waals surface area contributed by atoms with Crippen molar-refractivity contribution in [3.8, 4) is 0 Å². The van der Waals surface area contributed by atoms with Gasteiger partial charge in [-0.05, 0) is 40.8 Å². The molecule has 2 aromatic carbocycles. The normalized spacial score (nSPS) is 19.9. The average Bonchev–Trinajstić information content (AvgIpc) is 3.06. The molecular formula is C21H22ClNO3S. The second-order valence-corrected chi connectivity index (χ2v) is 9.18. The molecule has 1 amide bonds. The second kappa shape index (κ2) is 7.56. The SMILES string of the molecule is CC(C)(C)c1ccc([C@H]2SC[C@@H](C(=O)O)N2C(=O)c2ccc(Cl)cc2)cc1. The lowest BCUT2D eigenvalue weighted by Crippen LogP contribution is -2.42. The zero-order chi connectivity index (χ0) is 19.8. The summed E-state index contributed by atoms with van der Waals surface area (Å²) in [6.45, 7) is 6.43. The van der Waals surface area contributed by atoms with Gasteiger partial charge in [-0.3, -0.25) is 4.79 Å². The molecule has 1 heterocycles. The Labute approximate surface area is 168 Å². The third-order valence-corrected chi connectivity index (χ3v) is 6.25. The summed E-state index contributed by atoms with van der Waals surface area (Å²) < 4.78 is 0. The summed E-state index contributed by atoms with van der Waals surface area (Å²) in [5, 5.41) is 9.81. The maximum absolute atomic E-state index is 13.1. The lowest BCUT2D eigenvalue weighted by Gasteiger charge is -2.28. The van der Waals surface area contributed by atoms with E-state index in [2.05, 4.69) is 32.9 Å². The van der Waals surface area contributed by atoms with E-state index in [9.17, 15) is 14.7 Å². The maximum Gasteiger partial charge on any atom is 0.327 e. The van der Waals surface area contributed by atoms with Crippen molar-refractivity contribution in [2.45, 2.75) is 37.6 Å². The fourth-order valence-corrected chi connectivity index (χ4v) is 4.64. The van der Waals surface area contributed by atoms with Crippen molar-refractivity contribution in [1.82, 2.24) is 4.90 Å². The smallest absolute Gasteiger partial charge is 0.327 e. The van der Waals surface area contributed by atoms with Crippen LogP contribution in [0.2, 0.25) is 5.02 Å². The van der Waals surface area contributed by atoms with Crippen molar-refractivity contribution < 1.29 is 14.7 Å². The Morgan fingerprint density at radius 1 is 1.07 bits per heavy atom. The summed E-state index contributed by atoms with van der Waals surface area (Å²) in [4.78, 5) is 26.3. The van der Waals surface area contributed by atoms with Gasteiger partial charge in [0.25, 0.3) is 5.91 Å². The average molecular weight is 404 g/mol. The fourth-order valence-electron chi connectivity index (χ4n) is 3.09. The highest BCUT2D eigenvalue weighted by Gasteiger charge is 2.42. The van der Waals surface area contributed by atoms with Crippen LogP contribution in [0.3, 0.4) is 0 Å². The van der Waals surface area contributed by atoms with Crippen molar-refractivity contribution in [3.05, 3.63) is 70.2 Å². The monoisotopic (exact) mass is 403 g/mol. The lowest BCUT2D eigenvalue weighted by molar-refractivity contribution is -0.141. The molecule has 1 fully saturated rings. The van der Waals surface area contributed by atoms with E-state index in [0.29, 0.717) is 16.3 Å². The van der Waals surface area contributed by atoms with E-state index < -0.39 is 12.0 Å². The summed E-state index contributed by atoms with van der Waals surface area (Å²) in [5.74, 6) is -0.923. The predicted octanol–water partition coefficient (Wildman–Crippen LogP) is 4.98. The fraction of sp³-hybridized carbons (Fsp3) is 0.333. The molecule has 0 bridgehead atoms. The number of rotatable bonds is 3. The number of halogens is 1. The van der Waals surface area contributed by atoms with Crippen molar-refractivity contribution in [1.29, 1.82) is 0 Å². The van der Waals surface area contributed by atoms with Crippen molar-refractivity contribution in [2.75, 3.05) is 5.75 Å². The van der Waals surface area contributed by atoms with Crippen LogP contribution >= 0.6 is 23.4 Å². The number of hydrogen-bond donors (Lipinski definition) is 1. The van der Waals surface area contributed by atoms with Crippen LogP contribution in [0.15, 0.2) is 48.5 Å². The molecule has 6 heteroatoms. The van der Waals surface area contributed by atoms with E-state index in [4.69, 9.17) is 11.6 Å². The molecule has 0 aromatic heterocycles. The summed E-state index contributed by atoms with van der Waals surface area (Å²) in [6.07, 6.45) is 0. The number of aliphatic carboxylic acids is 1. The van der Waals surface area contributed by atoms with Gasteiger partial charge >= 0.3 is 5.97 Å². The second-order valence-electron chi connectivity index (χ2n) is 7.63. The first-order valence-electron chi connectivity index (χ1n) is 8.71. The van der Waals surface area contributed by atoms with Crippen LogP contribution in [0.5, 0.6) is 0 Å². The first kappa shape index (κ1) is 19.8. The van der Waals surface area contributed by atoms with Gasteiger partial charge in [0.15, 0.2) is 0 Å². The minimum atomic E-state index is -0.987. The minimum absolute atomic E-state index is 0.0315. The van der Waals surface area contributed by atoms with Crippen LogP contribution in [0, 0.1) is 0 Å². The number of carbonyl (C=O) groups is 2. The lowest BCUT2D eigenvalue weighted by atomic mass is 9.86. The molecule has 1 aliphatic heterocycles. The van der Waals surface area contributed by atoms with Gasteiger partial charge in [0.05, 0.1) is 0 Å². The van der Waals surface area contributed by atoms with Crippen LogP contribution in [0.25, 0.3) is 0 Å². The van der Waals surface area contributed by atoms with E-state index in [1.165, 1.54) is 22.2 Å². The summed E-state index contributed by atoms with van der Waals surface area (Å²) >= 11 is 7.39. The largest absolute Gasteiger partial charge is 0.480 e. The van der Waals surface area contributed by atoms with E-state index in [1.54, 1.807) is 24.3 Å². The van der Waals surface area contributed by atoms with Gasteiger partial charge in [-0.2, -0.15) is 0 Å². The van der Waals surface area contributed by atoms with Crippen LogP contribution < -0.4 is 0 Å². The van der Waals surface area contributed by atoms with Crippen molar-refractivity contribution in [2.24, 2.45) is 0 Å². The number of carboxylic acids is 1. The van der Waals surface area contributed by atoms with E-state index in [0.717, 1.165) is 5.56 Å². The van der Waals surface area contributed by atoms with E-state index in [-0.39, 0.29) is 16.7 Å². The minimum Gasteiger partial charge on any atom is -0.480 e. The molecule has 142 valence electrons. The molecule has 0 aliphatic carbocycles. The molecule has 0 spiro atoms. The Balaban J connectivity index is 1.95. The highest BCUT2D eigenvalue weighted by molar-refractivity contribution is 7.99. The molecule has 27 heavy (non-hydrogen) atoms. The molecular weight excluding hydrogens is 382 g/mol. The van der Waals surface area contributed by atoms with Gasteiger partial charge in [-0.15, -0.1) is 11.8 Å². The zero-order valence-corrected chi connectivity index (χ0v) is 17.1. The van der Waals surface area contributed by atoms with Gasteiger partial charge in [0.1, 0.15) is 11.4 Å².